The van der Waals surface area contributed by atoms with E-state index in [0.717, 1.165) is 11.4 Å². The Balaban J connectivity index is 2.60. The van der Waals surface area contributed by atoms with E-state index in [1.165, 1.54) is 0 Å². The highest BCUT2D eigenvalue weighted by atomic mass is 16.5. The first-order valence-electron chi connectivity index (χ1n) is 6.20. The highest BCUT2D eigenvalue weighted by Gasteiger charge is 2.16. The van der Waals surface area contributed by atoms with Crippen molar-refractivity contribution in [3.8, 4) is 22.9 Å². The van der Waals surface area contributed by atoms with Crippen LogP contribution in [0.2, 0.25) is 0 Å². The first-order chi connectivity index (χ1) is 9.62. The number of imidazole rings is 1. The molecule has 6 heteroatoms. The fourth-order valence-corrected chi connectivity index (χ4v) is 2.06. The summed E-state index contributed by atoms with van der Waals surface area (Å²) in [5, 5.41) is 0. The maximum Gasteiger partial charge on any atom is 0.203 e. The van der Waals surface area contributed by atoms with Crippen LogP contribution >= 0.6 is 0 Å². The molecule has 1 atom stereocenters. The Kier molecular flexibility index (Phi) is 4.14. The van der Waals surface area contributed by atoms with Crippen LogP contribution in [0.4, 0.5) is 0 Å². The SMILES string of the molecule is COc1cc(-n2cncc2[C@@H](C)N)cc(OC)c1OC. The molecule has 2 rings (SSSR count). The molecule has 0 saturated carbocycles. The molecule has 1 heterocycles. The monoisotopic (exact) mass is 277 g/mol. The van der Waals surface area contributed by atoms with Crippen LogP contribution in [-0.2, 0) is 0 Å². The van der Waals surface area contributed by atoms with Gasteiger partial charge in [-0.15, -0.1) is 0 Å². The van der Waals surface area contributed by atoms with Crippen LogP contribution < -0.4 is 19.9 Å². The smallest absolute Gasteiger partial charge is 0.203 e. The van der Waals surface area contributed by atoms with Crippen LogP contribution in [0.3, 0.4) is 0 Å². The summed E-state index contributed by atoms with van der Waals surface area (Å²) in [5.74, 6) is 1.73. The number of nitrogens with zero attached hydrogens (tertiary/aromatic N) is 2. The van der Waals surface area contributed by atoms with E-state index in [4.69, 9.17) is 19.9 Å². The van der Waals surface area contributed by atoms with E-state index in [1.54, 1.807) is 33.9 Å². The second kappa shape index (κ2) is 5.83. The first-order valence-corrected chi connectivity index (χ1v) is 6.20. The summed E-state index contributed by atoms with van der Waals surface area (Å²) in [6, 6.07) is 3.58. The summed E-state index contributed by atoms with van der Waals surface area (Å²) in [4.78, 5) is 4.14. The molecule has 0 amide bonds. The number of hydrogen-bond donors (Lipinski definition) is 1. The minimum absolute atomic E-state index is 0.128. The molecule has 0 aliphatic heterocycles. The second-order valence-corrected chi connectivity index (χ2v) is 4.36. The number of ether oxygens (including phenoxy) is 3. The van der Waals surface area contributed by atoms with Crippen molar-refractivity contribution in [2.24, 2.45) is 5.73 Å². The largest absolute Gasteiger partial charge is 0.493 e. The lowest BCUT2D eigenvalue weighted by Crippen LogP contribution is -2.11. The van der Waals surface area contributed by atoms with Gasteiger partial charge in [-0.1, -0.05) is 0 Å². The van der Waals surface area contributed by atoms with Crippen molar-refractivity contribution in [1.29, 1.82) is 0 Å². The van der Waals surface area contributed by atoms with Crippen molar-refractivity contribution in [3.63, 3.8) is 0 Å². The zero-order chi connectivity index (χ0) is 14.7. The minimum Gasteiger partial charge on any atom is -0.493 e. The fourth-order valence-electron chi connectivity index (χ4n) is 2.06. The van der Waals surface area contributed by atoms with Crippen LogP contribution in [0.25, 0.3) is 5.69 Å². The molecule has 1 aromatic heterocycles. The lowest BCUT2D eigenvalue weighted by atomic mass is 10.2. The minimum atomic E-state index is -0.128. The average molecular weight is 277 g/mol. The summed E-state index contributed by atoms with van der Waals surface area (Å²) in [5.41, 5.74) is 7.70. The lowest BCUT2D eigenvalue weighted by molar-refractivity contribution is 0.324. The Labute approximate surface area is 118 Å². The van der Waals surface area contributed by atoms with Crippen molar-refractivity contribution in [2.45, 2.75) is 13.0 Å². The van der Waals surface area contributed by atoms with Gasteiger partial charge in [0.05, 0.1) is 45.2 Å². The molecule has 108 valence electrons. The van der Waals surface area contributed by atoms with Crippen LogP contribution in [0.15, 0.2) is 24.7 Å². The van der Waals surface area contributed by atoms with Crippen molar-refractivity contribution in [3.05, 3.63) is 30.4 Å². The third-order valence-electron chi connectivity index (χ3n) is 3.06. The van der Waals surface area contributed by atoms with Gasteiger partial charge >= 0.3 is 0 Å². The van der Waals surface area contributed by atoms with Gasteiger partial charge in [-0.05, 0) is 6.92 Å². The zero-order valence-electron chi connectivity index (χ0n) is 12.1. The van der Waals surface area contributed by atoms with Gasteiger partial charge in [0.1, 0.15) is 0 Å². The standard InChI is InChI=1S/C14H19N3O3/c1-9(15)11-7-16-8-17(11)10-5-12(18-2)14(20-4)13(6-10)19-3/h5-9H,15H2,1-4H3/t9-/m1/s1. The van der Waals surface area contributed by atoms with Gasteiger partial charge in [0.25, 0.3) is 0 Å². The Bertz CT molecular complexity index is 568. The fraction of sp³-hybridized carbons (Fsp3) is 0.357. The Morgan fingerprint density at radius 2 is 1.70 bits per heavy atom. The topological polar surface area (TPSA) is 71.5 Å². The van der Waals surface area contributed by atoms with E-state index in [9.17, 15) is 0 Å². The summed E-state index contributed by atoms with van der Waals surface area (Å²) >= 11 is 0. The van der Waals surface area contributed by atoms with Crippen LogP contribution in [0, 0.1) is 0 Å². The maximum absolute atomic E-state index is 5.95. The molecule has 6 nitrogen and oxygen atoms in total. The van der Waals surface area contributed by atoms with Crippen molar-refractivity contribution >= 4 is 0 Å². The first kappa shape index (κ1) is 14.2. The molecule has 20 heavy (non-hydrogen) atoms. The van der Waals surface area contributed by atoms with Gasteiger partial charge in [0.2, 0.25) is 5.75 Å². The third kappa shape index (κ3) is 2.42. The summed E-state index contributed by atoms with van der Waals surface area (Å²) in [6.07, 6.45) is 3.45. The number of benzene rings is 1. The lowest BCUT2D eigenvalue weighted by Gasteiger charge is -2.16. The van der Waals surface area contributed by atoms with E-state index >= 15 is 0 Å². The van der Waals surface area contributed by atoms with E-state index < -0.39 is 0 Å². The Hall–Kier alpha value is -2.21. The highest BCUT2D eigenvalue weighted by Crippen LogP contribution is 2.39. The Morgan fingerprint density at radius 1 is 1.10 bits per heavy atom. The van der Waals surface area contributed by atoms with Crippen LogP contribution in [-0.4, -0.2) is 30.9 Å². The molecule has 2 N–H and O–H groups in total. The van der Waals surface area contributed by atoms with E-state index in [0.29, 0.717) is 17.2 Å². The van der Waals surface area contributed by atoms with E-state index in [-0.39, 0.29) is 6.04 Å². The van der Waals surface area contributed by atoms with Gasteiger partial charge in [-0.25, -0.2) is 4.98 Å². The molecule has 0 aliphatic rings. The molecule has 2 aromatic rings. The molecule has 0 spiro atoms. The summed E-state index contributed by atoms with van der Waals surface area (Å²) < 4.78 is 17.9. The zero-order valence-corrected chi connectivity index (χ0v) is 12.1. The van der Waals surface area contributed by atoms with Gasteiger partial charge in [-0.2, -0.15) is 0 Å². The molecular formula is C14H19N3O3. The van der Waals surface area contributed by atoms with Gasteiger partial charge in [0.15, 0.2) is 11.5 Å². The van der Waals surface area contributed by atoms with Crippen LogP contribution in [0.1, 0.15) is 18.7 Å². The van der Waals surface area contributed by atoms with Gasteiger partial charge in [-0.3, -0.25) is 0 Å². The van der Waals surface area contributed by atoms with Gasteiger partial charge in [0, 0.05) is 18.2 Å². The highest BCUT2D eigenvalue weighted by molar-refractivity contribution is 5.58. The average Bonchev–Trinajstić information content (AvgIpc) is 2.95. The van der Waals surface area contributed by atoms with Gasteiger partial charge < -0.3 is 24.5 Å². The molecule has 0 fully saturated rings. The molecular weight excluding hydrogens is 258 g/mol. The molecule has 0 aliphatic carbocycles. The Morgan fingerprint density at radius 3 is 2.15 bits per heavy atom. The molecule has 1 aromatic carbocycles. The number of aromatic nitrogens is 2. The molecule has 0 unspecified atom stereocenters. The van der Waals surface area contributed by atoms with Crippen molar-refractivity contribution in [1.82, 2.24) is 9.55 Å². The quantitative estimate of drug-likeness (QED) is 0.904. The normalized spacial score (nSPS) is 12.1. The third-order valence-corrected chi connectivity index (χ3v) is 3.06. The maximum atomic E-state index is 5.95. The molecule has 0 saturated heterocycles. The predicted octanol–water partition coefficient (Wildman–Crippen LogP) is 1.92. The summed E-state index contributed by atoms with van der Waals surface area (Å²) in [6.45, 7) is 1.91. The number of hydrogen-bond acceptors (Lipinski definition) is 5. The van der Waals surface area contributed by atoms with Crippen molar-refractivity contribution < 1.29 is 14.2 Å². The van der Waals surface area contributed by atoms with Crippen molar-refractivity contribution in [2.75, 3.05) is 21.3 Å². The summed E-state index contributed by atoms with van der Waals surface area (Å²) in [7, 11) is 4.74. The number of nitrogens with two attached hydrogens (primary N) is 1. The number of methoxy groups -OCH3 is 3. The molecule has 0 bridgehead atoms. The second-order valence-electron chi connectivity index (χ2n) is 4.36. The molecule has 0 radical (unpaired) electrons. The van der Waals surface area contributed by atoms with E-state index in [2.05, 4.69) is 4.98 Å². The van der Waals surface area contributed by atoms with Crippen LogP contribution in [0.5, 0.6) is 17.2 Å². The number of rotatable bonds is 5. The predicted molar refractivity (Wildman–Crippen MR) is 75.8 cm³/mol. The van der Waals surface area contributed by atoms with E-state index in [1.807, 2.05) is 23.6 Å².